The van der Waals surface area contributed by atoms with E-state index in [1.165, 1.54) is 0 Å². The third-order valence-corrected chi connectivity index (χ3v) is 6.82. The third kappa shape index (κ3) is 4.17. The summed E-state index contributed by atoms with van der Waals surface area (Å²) in [5.74, 6) is 0.369. The van der Waals surface area contributed by atoms with Gasteiger partial charge < -0.3 is 15.5 Å². The fourth-order valence-corrected chi connectivity index (χ4v) is 4.85. The molecular formula is C29H29N5O2. The summed E-state index contributed by atoms with van der Waals surface area (Å²) in [6, 6.07) is 17.5. The maximum Gasteiger partial charge on any atom is 0.255 e. The lowest BCUT2D eigenvalue weighted by molar-refractivity contribution is -0.116. The van der Waals surface area contributed by atoms with Crippen LogP contribution in [0.1, 0.15) is 42.3 Å². The predicted octanol–water partition coefficient (Wildman–Crippen LogP) is 5.54. The van der Waals surface area contributed by atoms with E-state index in [-0.39, 0.29) is 17.2 Å². The Bertz CT molecular complexity index is 1530. The van der Waals surface area contributed by atoms with Crippen molar-refractivity contribution in [1.29, 1.82) is 0 Å². The first-order valence-corrected chi connectivity index (χ1v) is 12.0. The van der Waals surface area contributed by atoms with Gasteiger partial charge in [-0.15, -0.1) is 0 Å². The molecule has 2 heterocycles. The average Bonchev–Trinajstić information content (AvgIpc) is 3.14. The smallest absolute Gasteiger partial charge is 0.255 e. The molecule has 0 spiro atoms. The minimum atomic E-state index is -0.203. The van der Waals surface area contributed by atoms with E-state index in [2.05, 4.69) is 34.4 Å². The van der Waals surface area contributed by atoms with Gasteiger partial charge in [-0.3, -0.25) is 9.59 Å². The lowest BCUT2D eigenvalue weighted by Gasteiger charge is -2.19. The van der Waals surface area contributed by atoms with E-state index in [9.17, 15) is 9.59 Å². The Hall–Kier alpha value is -4.26. The van der Waals surface area contributed by atoms with Crippen LogP contribution < -0.4 is 15.5 Å². The zero-order valence-corrected chi connectivity index (χ0v) is 21.1. The number of aromatic nitrogens is 2. The Balaban J connectivity index is 1.44. The van der Waals surface area contributed by atoms with Crippen LogP contribution >= 0.6 is 0 Å². The Morgan fingerprint density at radius 1 is 1.03 bits per heavy atom. The molecule has 2 amide bonds. The second kappa shape index (κ2) is 8.75. The van der Waals surface area contributed by atoms with Gasteiger partial charge in [0.15, 0.2) is 0 Å². The molecule has 7 nitrogen and oxygen atoms in total. The third-order valence-electron chi connectivity index (χ3n) is 6.82. The molecular weight excluding hydrogens is 450 g/mol. The summed E-state index contributed by atoms with van der Waals surface area (Å²) >= 11 is 0. The van der Waals surface area contributed by atoms with Crippen molar-refractivity contribution < 1.29 is 9.59 Å². The fraction of sp³-hybridized carbons (Fsp3) is 0.241. The predicted molar refractivity (Wildman–Crippen MR) is 145 cm³/mol. The maximum absolute atomic E-state index is 13.2. The summed E-state index contributed by atoms with van der Waals surface area (Å²) in [6.07, 6.45) is 1.79. The number of hydrogen-bond donors (Lipinski definition) is 2. The molecule has 1 aliphatic rings. The van der Waals surface area contributed by atoms with Gasteiger partial charge in [0.1, 0.15) is 0 Å². The summed E-state index contributed by atoms with van der Waals surface area (Å²) in [6.45, 7) is 8.48. The number of anilines is 3. The maximum atomic E-state index is 13.2. The molecule has 0 fully saturated rings. The summed E-state index contributed by atoms with van der Waals surface area (Å²) < 4.78 is 0. The van der Waals surface area contributed by atoms with E-state index in [1.807, 2.05) is 61.5 Å². The minimum Gasteiger partial charge on any atom is -0.357 e. The van der Waals surface area contributed by atoms with Crippen LogP contribution in [0.5, 0.6) is 0 Å². The van der Waals surface area contributed by atoms with Crippen LogP contribution in [0, 0.1) is 6.92 Å². The summed E-state index contributed by atoms with van der Waals surface area (Å²) in [5, 5.41) is 6.89. The number of hydrogen-bond acceptors (Lipinski definition) is 5. The van der Waals surface area contributed by atoms with Crippen molar-refractivity contribution in [3.63, 3.8) is 0 Å². The molecule has 0 saturated heterocycles. The lowest BCUT2D eigenvalue weighted by atomic mass is 9.87. The zero-order chi connectivity index (χ0) is 25.6. The van der Waals surface area contributed by atoms with Gasteiger partial charge in [0, 0.05) is 54.5 Å². The molecule has 5 rings (SSSR count). The number of rotatable bonds is 4. The molecule has 4 aromatic rings. The first kappa shape index (κ1) is 23.5. The second-order valence-electron chi connectivity index (χ2n) is 9.92. The highest BCUT2D eigenvalue weighted by molar-refractivity contribution is 6.06. The Morgan fingerprint density at radius 2 is 1.83 bits per heavy atom. The van der Waals surface area contributed by atoms with Crippen molar-refractivity contribution in [2.75, 3.05) is 29.1 Å². The van der Waals surface area contributed by atoms with Crippen molar-refractivity contribution in [3.05, 3.63) is 77.5 Å². The highest BCUT2D eigenvalue weighted by atomic mass is 16.2. The summed E-state index contributed by atoms with van der Waals surface area (Å²) in [4.78, 5) is 36.0. The number of benzene rings is 3. The number of carbonyl (C=O) groups excluding carboxylic acids is 2. The Kier molecular flexibility index (Phi) is 5.71. The van der Waals surface area contributed by atoms with Gasteiger partial charge in [0.25, 0.3) is 5.91 Å². The van der Waals surface area contributed by atoms with Gasteiger partial charge in [-0.1, -0.05) is 32.0 Å². The molecule has 7 heteroatoms. The van der Waals surface area contributed by atoms with Crippen LogP contribution in [0.2, 0.25) is 0 Å². The monoisotopic (exact) mass is 479 g/mol. The highest BCUT2D eigenvalue weighted by Gasteiger charge is 2.36. The molecule has 3 aromatic carbocycles. The van der Waals surface area contributed by atoms with Crippen LogP contribution in [-0.2, 0) is 10.2 Å². The van der Waals surface area contributed by atoms with Crippen molar-refractivity contribution in [2.24, 2.45) is 0 Å². The van der Waals surface area contributed by atoms with E-state index >= 15 is 0 Å². The van der Waals surface area contributed by atoms with Gasteiger partial charge in [-0.05, 0) is 65.6 Å². The zero-order valence-electron chi connectivity index (χ0n) is 21.1. The summed E-state index contributed by atoms with van der Waals surface area (Å²) in [7, 11) is 1.79. The van der Waals surface area contributed by atoms with Crippen LogP contribution in [0.3, 0.4) is 0 Å². The van der Waals surface area contributed by atoms with Crippen molar-refractivity contribution >= 4 is 40.0 Å². The molecule has 1 aliphatic heterocycles. The molecule has 2 N–H and O–H groups in total. The number of aryl methyl sites for hydroxylation is 1. The number of amides is 2. The average molecular weight is 480 g/mol. The Morgan fingerprint density at radius 3 is 2.58 bits per heavy atom. The number of carbonyl (C=O) groups is 2. The highest BCUT2D eigenvalue weighted by Crippen LogP contribution is 2.42. The number of nitrogens with zero attached hydrogens (tertiary/aromatic N) is 3. The molecule has 0 bridgehead atoms. The van der Waals surface area contributed by atoms with Crippen LogP contribution in [-0.4, -0.2) is 35.4 Å². The second-order valence-corrected chi connectivity index (χ2v) is 9.92. The molecule has 0 radical (unpaired) electrons. The lowest BCUT2D eigenvalue weighted by Crippen LogP contribution is -2.32. The minimum absolute atomic E-state index is 0.00329. The largest absolute Gasteiger partial charge is 0.357 e. The normalized spacial score (nSPS) is 14.0. The molecule has 1 aromatic heterocycles. The van der Waals surface area contributed by atoms with Crippen LogP contribution in [0.4, 0.5) is 17.3 Å². The van der Waals surface area contributed by atoms with Gasteiger partial charge in [-0.25, -0.2) is 9.97 Å². The molecule has 0 saturated carbocycles. The number of fused-ring (bicyclic) bond motifs is 2. The Labute approximate surface area is 210 Å². The number of nitrogens with one attached hydrogen (secondary N) is 2. The van der Waals surface area contributed by atoms with E-state index in [4.69, 9.17) is 0 Å². The fourth-order valence-electron chi connectivity index (χ4n) is 4.85. The molecule has 0 aliphatic carbocycles. The topological polar surface area (TPSA) is 87.2 Å². The molecule has 36 heavy (non-hydrogen) atoms. The van der Waals surface area contributed by atoms with E-state index in [0.29, 0.717) is 23.7 Å². The SMILES string of the molecule is CNc1ncc2cc(-c3cc(C(=O)Nc4ccc5c(c4)N(C(C)=O)CC5(C)C)ccc3C)ccc2n1. The van der Waals surface area contributed by atoms with Crippen LogP contribution in [0.15, 0.2) is 60.8 Å². The van der Waals surface area contributed by atoms with Crippen molar-refractivity contribution in [2.45, 2.75) is 33.1 Å². The van der Waals surface area contributed by atoms with Gasteiger partial charge >= 0.3 is 0 Å². The van der Waals surface area contributed by atoms with Gasteiger partial charge in [-0.2, -0.15) is 0 Å². The standard InChI is InChI=1S/C29H29N5O2/c1-17-6-7-20(13-23(17)19-8-11-25-21(12-19)15-31-28(30-5)33-25)27(36)32-22-9-10-24-26(14-22)34(18(2)35)16-29(24,3)4/h6-15H,16H2,1-5H3,(H,32,36)(H,30,31,33). The molecule has 0 unspecified atom stereocenters. The van der Waals surface area contributed by atoms with Gasteiger partial charge in [0.05, 0.1) is 5.52 Å². The first-order valence-electron chi connectivity index (χ1n) is 12.0. The van der Waals surface area contributed by atoms with Crippen LogP contribution in [0.25, 0.3) is 22.0 Å². The quantitative estimate of drug-likeness (QED) is 0.401. The molecule has 182 valence electrons. The first-order chi connectivity index (χ1) is 17.2. The van der Waals surface area contributed by atoms with E-state index in [0.717, 1.165) is 38.8 Å². The molecule has 0 atom stereocenters. The van der Waals surface area contributed by atoms with E-state index < -0.39 is 0 Å². The van der Waals surface area contributed by atoms with E-state index in [1.54, 1.807) is 25.1 Å². The van der Waals surface area contributed by atoms with Crippen molar-refractivity contribution in [3.8, 4) is 11.1 Å². The van der Waals surface area contributed by atoms with Crippen molar-refractivity contribution in [1.82, 2.24) is 9.97 Å². The summed E-state index contributed by atoms with van der Waals surface area (Å²) in [5.41, 5.74) is 6.93. The van der Waals surface area contributed by atoms with Gasteiger partial charge in [0.2, 0.25) is 11.9 Å².